The number of hydrogen-bond acceptors (Lipinski definition) is 2. The number of benzene rings is 1. The summed E-state index contributed by atoms with van der Waals surface area (Å²) < 4.78 is 0. The lowest BCUT2D eigenvalue weighted by molar-refractivity contribution is 0.178. The Morgan fingerprint density at radius 2 is 1.83 bits per heavy atom. The second kappa shape index (κ2) is 5.62. The van der Waals surface area contributed by atoms with Crippen LogP contribution in [0.25, 0.3) is 0 Å². The van der Waals surface area contributed by atoms with Gasteiger partial charge in [-0.05, 0) is 43.2 Å². The molecule has 0 saturated heterocycles. The van der Waals surface area contributed by atoms with Gasteiger partial charge in [0.15, 0.2) is 0 Å². The van der Waals surface area contributed by atoms with Crippen LogP contribution in [0.15, 0.2) is 24.3 Å². The second-order valence-corrected chi connectivity index (χ2v) is 6.56. The van der Waals surface area contributed by atoms with E-state index in [1.54, 1.807) is 29.5 Å². The van der Waals surface area contributed by atoms with Crippen LogP contribution in [0.4, 0.5) is 0 Å². The van der Waals surface area contributed by atoms with Crippen LogP contribution in [0, 0.1) is 13.8 Å². The van der Waals surface area contributed by atoms with Gasteiger partial charge in [-0.25, -0.2) is 0 Å². The Morgan fingerprint density at radius 1 is 1.22 bits per heavy atom. The van der Waals surface area contributed by atoms with Crippen LogP contribution in [0.1, 0.15) is 27.0 Å². The van der Waals surface area contributed by atoms with E-state index in [1.807, 2.05) is 19.9 Å². The molecule has 1 unspecified atom stereocenters. The van der Waals surface area contributed by atoms with E-state index in [-0.39, 0.29) is 0 Å². The molecule has 1 N–H and O–H groups in total. The van der Waals surface area contributed by atoms with Crippen LogP contribution in [-0.4, -0.2) is 5.11 Å². The monoisotopic (exact) mass is 300 g/mol. The molecule has 18 heavy (non-hydrogen) atoms. The highest BCUT2D eigenvalue weighted by atomic mass is 35.5. The van der Waals surface area contributed by atoms with Gasteiger partial charge in [0.1, 0.15) is 0 Å². The highest BCUT2D eigenvalue weighted by Gasteiger charge is 2.16. The summed E-state index contributed by atoms with van der Waals surface area (Å²) in [6, 6.07) is 7.42. The zero-order chi connectivity index (χ0) is 13.3. The molecule has 1 atom stereocenters. The van der Waals surface area contributed by atoms with Gasteiger partial charge in [0.2, 0.25) is 0 Å². The molecule has 0 saturated carbocycles. The van der Waals surface area contributed by atoms with E-state index in [0.29, 0.717) is 16.5 Å². The molecule has 96 valence electrons. The number of aryl methyl sites for hydroxylation is 2. The predicted molar refractivity (Wildman–Crippen MR) is 78.9 cm³/mol. The Kier molecular flexibility index (Phi) is 4.33. The van der Waals surface area contributed by atoms with Crippen molar-refractivity contribution in [3.05, 3.63) is 55.2 Å². The average Bonchev–Trinajstić information content (AvgIpc) is 2.63. The summed E-state index contributed by atoms with van der Waals surface area (Å²) in [4.78, 5) is 2.34. The largest absolute Gasteiger partial charge is 0.388 e. The highest BCUT2D eigenvalue weighted by molar-refractivity contribution is 7.12. The first-order valence-corrected chi connectivity index (χ1v) is 7.24. The zero-order valence-corrected chi connectivity index (χ0v) is 12.5. The first-order chi connectivity index (χ1) is 8.49. The van der Waals surface area contributed by atoms with Gasteiger partial charge in [0.25, 0.3) is 0 Å². The summed E-state index contributed by atoms with van der Waals surface area (Å²) >= 11 is 13.9. The van der Waals surface area contributed by atoms with Gasteiger partial charge in [-0.1, -0.05) is 29.3 Å². The summed E-state index contributed by atoms with van der Waals surface area (Å²) in [6.45, 7) is 4.06. The molecule has 1 nitrogen and oxygen atoms in total. The fourth-order valence-corrected chi connectivity index (χ4v) is 3.55. The number of rotatable bonds is 3. The van der Waals surface area contributed by atoms with E-state index in [2.05, 4.69) is 0 Å². The topological polar surface area (TPSA) is 20.2 Å². The first-order valence-electron chi connectivity index (χ1n) is 5.67. The Balaban J connectivity index is 2.26. The fraction of sp³-hybridized carbons (Fsp3) is 0.286. The Bertz CT molecular complexity index is 543. The maximum absolute atomic E-state index is 10.3. The van der Waals surface area contributed by atoms with Gasteiger partial charge in [0.05, 0.1) is 6.10 Å². The van der Waals surface area contributed by atoms with Crippen LogP contribution in [0.5, 0.6) is 0 Å². The van der Waals surface area contributed by atoms with Crippen LogP contribution < -0.4 is 0 Å². The minimum atomic E-state index is -0.563. The van der Waals surface area contributed by atoms with Gasteiger partial charge in [-0.3, -0.25) is 0 Å². The molecule has 2 rings (SSSR count). The molecule has 4 heteroatoms. The van der Waals surface area contributed by atoms with Crippen LogP contribution >= 0.6 is 34.5 Å². The van der Waals surface area contributed by atoms with Crippen LogP contribution in [0.2, 0.25) is 10.0 Å². The van der Waals surface area contributed by atoms with Gasteiger partial charge in [-0.2, -0.15) is 0 Å². The van der Waals surface area contributed by atoms with E-state index < -0.39 is 6.10 Å². The molecule has 0 spiro atoms. The van der Waals surface area contributed by atoms with Gasteiger partial charge >= 0.3 is 0 Å². The molecule has 0 aliphatic carbocycles. The summed E-state index contributed by atoms with van der Waals surface area (Å²) in [6.07, 6.45) is -0.123. The molecule has 0 aliphatic heterocycles. The first kappa shape index (κ1) is 13.9. The van der Waals surface area contributed by atoms with Crippen molar-refractivity contribution in [3.8, 4) is 0 Å². The third-order valence-corrected chi connectivity index (χ3v) is 4.59. The van der Waals surface area contributed by atoms with Gasteiger partial charge < -0.3 is 5.11 Å². The highest BCUT2D eigenvalue weighted by Crippen LogP contribution is 2.32. The molecule has 1 aromatic heterocycles. The molecule has 2 aromatic rings. The fourth-order valence-electron chi connectivity index (χ4n) is 2.01. The van der Waals surface area contributed by atoms with E-state index in [9.17, 15) is 5.11 Å². The number of hydrogen-bond donors (Lipinski definition) is 1. The third kappa shape index (κ3) is 2.89. The minimum Gasteiger partial charge on any atom is -0.388 e. The Hall–Kier alpha value is -0.540. The second-order valence-electron chi connectivity index (χ2n) is 4.29. The van der Waals surface area contributed by atoms with Crippen molar-refractivity contribution in [3.63, 3.8) is 0 Å². The summed E-state index contributed by atoms with van der Waals surface area (Å²) in [5.74, 6) is 0. The van der Waals surface area contributed by atoms with Gasteiger partial charge in [-0.15, -0.1) is 11.3 Å². The molecule has 0 radical (unpaired) electrons. The normalized spacial score (nSPS) is 12.7. The number of thiophene rings is 1. The van der Waals surface area contributed by atoms with E-state index in [4.69, 9.17) is 23.2 Å². The number of aliphatic hydroxyl groups is 1. The average molecular weight is 301 g/mol. The summed E-state index contributed by atoms with van der Waals surface area (Å²) in [5, 5.41) is 11.5. The SMILES string of the molecule is Cc1cc(C(O)Cc2c(Cl)cccc2Cl)c(C)s1. The van der Waals surface area contributed by atoms with Gasteiger partial charge in [0, 0.05) is 26.2 Å². The maximum atomic E-state index is 10.3. The van der Waals surface area contributed by atoms with Crippen molar-refractivity contribution in [2.45, 2.75) is 26.4 Å². The molecular weight excluding hydrogens is 287 g/mol. The smallest absolute Gasteiger partial charge is 0.0842 e. The molecule has 0 aliphatic rings. The van der Waals surface area contributed by atoms with Crippen LogP contribution in [-0.2, 0) is 6.42 Å². The lowest BCUT2D eigenvalue weighted by Crippen LogP contribution is -2.03. The number of aliphatic hydroxyl groups excluding tert-OH is 1. The van der Waals surface area contributed by atoms with Crippen LogP contribution in [0.3, 0.4) is 0 Å². The van der Waals surface area contributed by atoms with Crippen molar-refractivity contribution in [2.75, 3.05) is 0 Å². The van der Waals surface area contributed by atoms with E-state index >= 15 is 0 Å². The third-order valence-electron chi connectivity index (χ3n) is 2.90. The molecule has 0 amide bonds. The van der Waals surface area contributed by atoms with E-state index in [1.165, 1.54) is 4.88 Å². The molecule has 0 bridgehead atoms. The van der Waals surface area contributed by atoms with E-state index in [0.717, 1.165) is 16.0 Å². The standard InChI is InChI=1S/C14H14Cl2OS/c1-8-6-10(9(2)18-8)14(17)7-11-12(15)4-3-5-13(11)16/h3-6,14,17H,7H2,1-2H3. The summed E-state index contributed by atoms with van der Waals surface area (Å²) in [5.41, 5.74) is 1.77. The maximum Gasteiger partial charge on any atom is 0.0842 e. The number of halogens is 2. The molecular formula is C14H14Cl2OS. The zero-order valence-electron chi connectivity index (χ0n) is 10.2. The molecule has 0 fully saturated rings. The predicted octanol–water partition coefficient (Wildman–Crippen LogP) is 4.95. The minimum absolute atomic E-state index is 0.440. The molecule has 1 heterocycles. The lowest BCUT2D eigenvalue weighted by atomic mass is 10.0. The van der Waals surface area contributed by atoms with Crippen molar-refractivity contribution in [2.24, 2.45) is 0 Å². The summed E-state index contributed by atoms with van der Waals surface area (Å²) in [7, 11) is 0. The Morgan fingerprint density at radius 3 is 2.33 bits per heavy atom. The van der Waals surface area contributed by atoms with Crippen molar-refractivity contribution in [1.82, 2.24) is 0 Å². The van der Waals surface area contributed by atoms with Crippen molar-refractivity contribution < 1.29 is 5.11 Å². The van der Waals surface area contributed by atoms with Crippen molar-refractivity contribution >= 4 is 34.5 Å². The van der Waals surface area contributed by atoms with Crippen molar-refractivity contribution in [1.29, 1.82) is 0 Å². The molecule has 1 aromatic carbocycles. The quantitative estimate of drug-likeness (QED) is 0.850. The lowest BCUT2D eigenvalue weighted by Gasteiger charge is -2.13. The Labute approximate surface area is 121 Å².